The zero-order chi connectivity index (χ0) is 26.5. The van der Waals surface area contributed by atoms with Crippen molar-refractivity contribution in [3.63, 3.8) is 0 Å². The van der Waals surface area contributed by atoms with Gasteiger partial charge in [0.25, 0.3) is 0 Å². The van der Waals surface area contributed by atoms with E-state index < -0.39 is 21.4 Å². The van der Waals surface area contributed by atoms with Gasteiger partial charge in [0.1, 0.15) is 12.4 Å². The van der Waals surface area contributed by atoms with E-state index in [2.05, 4.69) is 6.07 Å². The summed E-state index contributed by atoms with van der Waals surface area (Å²) in [5.41, 5.74) is 0.727. The average molecular weight is 536 g/mol. The van der Waals surface area contributed by atoms with Gasteiger partial charge in [0.15, 0.2) is 0 Å². The van der Waals surface area contributed by atoms with E-state index in [9.17, 15) is 18.0 Å². The maximum atomic E-state index is 13.9. The number of likely N-dealkylation sites (N-methyl/N-ethyl adjacent to an activating group) is 1. The number of para-hydroxylation sites is 1. The second-order valence-corrected chi connectivity index (χ2v) is 12.5. The number of benzene rings is 1. The van der Waals surface area contributed by atoms with Crippen molar-refractivity contribution in [3.05, 3.63) is 29.8 Å². The summed E-state index contributed by atoms with van der Waals surface area (Å²) in [6.45, 7) is 5.52. The highest BCUT2D eigenvalue weighted by atomic mass is 32.2. The molecule has 0 saturated carbocycles. The monoisotopic (exact) mass is 535 g/mol. The number of carbonyl (C=O) groups excluding carboxylic acids is 2. The molecule has 0 radical (unpaired) electrons. The Morgan fingerprint density at radius 3 is 2.54 bits per heavy atom. The largest absolute Gasteiger partial charge is 0.491 e. The van der Waals surface area contributed by atoms with Crippen LogP contribution in [0.4, 0.5) is 0 Å². The summed E-state index contributed by atoms with van der Waals surface area (Å²) in [6, 6.07) is 8.14. The van der Waals surface area contributed by atoms with Crippen LogP contribution in [0.25, 0.3) is 0 Å². The van der Waals surface area contributed by atoms with E-state index in [-0.39, 0.29) is 38.1 Å². The summed E-state index contributed by atoms with van der Waals surface area (Å²) >= 11 is 0. The Balaban J connectivity index is 1.44. The van der Waals surface area contributed by atoms with Crippen molar-refractivity contribution in [1.29, 1.82) is 0 Å². The molecule has 1 aromatic carbocycles. The summed E-state index contributed by atoms with van der Waals surface area (Å²) < 4.78 is 37.2. The van der Waals surface area contributed by atoms with Gasteiger partial charge in [-0.1, -0.05) is 24.6 Å². The van der Waals surface area contributed by atoms with Crippen LogP contribution in [-0.4, -0.2) is 99.7 Å². The first-order valence-electron chi connectivity index (χ1n) is 13.6. The van der Waals surface area contributed by atoms with Crippen LogP contribution in [0.1, 0.15) is 44.6 Å². The van der Waals surface area contributed by atoms with Gasteiger partial charge in [-0.2, -0.15) is 4.31 Å². The Kier molecular flexibility index (Phi) is 9.13. The first-order chi connectivity index (χ1) is 17.7. The van der Waals surface area contributed by atoms with Gasteiger partial charge < -0.3 is 19.3 Å². The molecule has 0 N–H and O–H groups in total. The molecule has 4 rings (SSSR count). The van der Waals surface area contributed by atoms with Gasteiger partial charge in [0, 0.05) is 32.7 Å². The third-order valence-electron chi connectivity index (χ3n) is 8.14. The van der Waals surface area contributed by atoms with E-state index in [4.69, 9.17) is 9.47 Å². The van der Waals surface area contributed by atoms with Crippen molar-refractivity contribution in [2.75, 3.05) is 65.3 Å². The van der Waals surface area contributed by atoms with E-state index in [1.807, 2.05) is 34.9 Å². The molecule has 9 nitrogen and oxygen atoms in total. The number of rotatable bonds is 3. The van der Waals surface area contributed by atoms with Gasteiger partial charge in [0.2, 0.25) is 21.8 Å². The fourth-order valence-corrected chi connectivity index (χ4v) is 6.71. The summed E-state index contributed by atoms with van der Waals surface area (Å²) in [7, 11) is -3.40. The fraction of sp³-hybridized carbons (Fsp3) is 0.704. The summed E-state index contributed by atoms with van der Waals surface area (Å²) in [5, 5.41) is 0. The zero-order valence-corrected chi connectivity index (χ0v) is 23.0. The molecule has 0 aromatic heterocycles. The van der Waals surface area contributed by atoms with Crippen molar-refractivity contribution < 1.29 is 27.5 Å². The van der Waals surface area contributed by atoms with E-state index >= 15 is 0 Å². The predicted molar refractivity (Wildman–Crippen MR) is 141 cm³/mol. The number of hydrogen-bond acceptors (Lipinski definition) is 6. The molecule has 3 heterocycles. The molecule has 1 spiro atoms. The molecule has 2 amide bonds. The fourth-order valence-electron chi connectivity index (χ4n) is 5.85. The molecule has 3 aliphatic rings. The Morgan fingerprint density at radius 2 is 1.81 bits per heavy atom. The number of carbonyl (C=O) groups is 2. The van der Waals surface area contributed by atoms with Crippen molar-refractivity contribution in [2.45, 2.75) is 45.4 Å². The Labute approximate surface area is 221 Å². The van der Waals surface area contributed by atoms with Gasteiger partial charge in [0.05, 0.1) is 37.3 Å². The van der Waals surface area contributed by atoms with Gasteiger partial charge in [-0.25, -0.2) is 8.42 Å². The number of ether oxygens (including phenoxy) is 2. The van der Waals surface area contributed by atoms with Gasteiger partial charge in [-0.05, 0) is 50.7 Å². The van der Waals surface area contributed by atoms with Crippen molar-refractivity contribution >= 4 is 21.8 Å². The number of piperidine rings is 1. The standard InChI is InChI=1S/C27H41N3O6S/c1-3-28-16-19-36-24-10-5-4-8-22(24)9-6-7-11-27(26(28)32)12-14-29(15-13-27)25(31)23-20-30(37(2,33)34)17-18-35-21-23/h4-5,8,10,23H,3,6-7,9,11-21H2,1-2H3. The quantitative estimate of drug-likeness (QED) is 0.589. The highest BCUT2D eigenvalue weighted by Crippen LogP contribution is 2.39. The van der Waals surface area contributed by atoms with Crippen LogP contribution in [-0.2, 0) is 30.8 Å². The molecule has 0 aliphatic carbocycles. The lowest BCUT2D eigenvalue weighted by Crippen LogP contribution is -2.53. The molecule has 1 unspecified atom stereocenters. The summed E-state index contributed by atoms with van der Waals surface area (Å²) in [4.78, 5) is 31.0. The second kappa shape index (κ2) is 12.1. The summed E-state index contributed by atoms with van der Waals surface area (Å²) in [5.74, 6) is 0.469. The van der Waals surface area contributed by atoms with Crippen LogP contribution >= 0.6 is 0 Å². The number of amides is 2. The third-order valence-corrected chi connectivity index (χ3v) is 9.41. The lowest BCUT2D eigenvalue weighted by molar-refractivity contribution is -0.151. The number of sulfonamides is 1. The van der Waals surface area contributed by atoms with Gasteiger partial charge in [-0.3, -0.25) is 9.59 Å². The zero-order valence-electron chi connectivity index (χ0n) is 22.2. The molecule has 1 aromatic rings. The minimum atomic E-state index is -3.40. The van der Waals surface area contributed by atoms with Crippen molar-refractivity contribution in [2.24, 2.45) is 11.3 Å². The van der Waals surface area contributed by atoms with Crippen LogP contribution < -0.4 is 4.74 Å². The number of hydrogen-bond donors (Lipinski definition) is 0. The number of nitrogens with zero attached hydrogens (tertiary/aromatic N) is 3. The molecule has 0 bridgehead atoms. The third kappa shape index (κ3) is 6.64. The molecule has 10 heteroatoms. The minimum Gasteiger partial charge on any atom is -0.491 e. The molecule has 206 valence electrons. The molecular weight excluding hydrogens is 494 g/mol. The van der Waals surface area contributed by atoms with Crippen molar-refractivity contribution in [3.8, 4) is 5.75 Å². The van der Waals surface area contributed by atoms with Gasteiger partial charge >= 0.3 is 0 Å². The first-order valence-corrected chi connectivity index (χ1v) is 15.4. The normalized spacial score (nSPS) is 24.4. The molecule has 3 aliphatic heterocycles. The number of likely N-dealkylation sites (tertiary alicyclic amines) is 1. The molecule has 37 heavy (non-hydrogen) atoms. The van der Waals surface area contributed by atoms with Crippen LogP contribution in [0.5, 0.6) is 5.75 Å². The Bertz CT molecular complexity index is 1050. The SMILES string of the molecule is CCN1CCOc2ccccc2CCCCC2(CCN(C(=O)C3COCCN(S(C)(=O)=O)C3)CC2)C1=O. The minimum absolute atomic E-state index is 0.0802. The van der Waals surface area contributed by atoms with E-state index in [0.717, 1.165) is 31.4 Å². The second-order valence-electron chi connectivity index (χ2n) is 10.5. The van der Waals surface area contributed by atoms with Crippen LogP contribution in [0.3, 0.4) is 0 Å². The lowest BCUT2D eigenvalue weighted by atomic mass is 9.72. The molecule has 2 fully saturated rings. The highest BCUT2D eigenvalue weighted by molar-refractivity contribution is 7.88. The predicted octanol–water partition coefficient (Wildman–Crippen LogP) is 2.16. The smallest absolute Gasteiger partial charge is 0.229 e. The maximum Gasteiger partial charge on any atom is 0.229 e. The lowest BCUT2D eigenvalue weighted by Gasteiger charge is -2.44. The van der Waals surface area contributed by atoms with Crippen LogP contribution in [0, 0.1) is 11.3 Å². The topological polar surface area (TPSA) is 96.5 Å². The highest BCUT2D eigenvalue weighted by Gasteiger charge is 2.44. The Hall–Kier alpha value is -2.17. The first kappa shape index (κ1) is 27.9. The molecular formula is C27H41N3O6S. The molecule has 2 saturated heterocycles. The van der Waals surface area contributed by atoms with Crippen LogP contribution in [0.15, 0.2) is 24.3 Å². The van der Waals surface area contributed by atoms with Crippen LogP contribution in [0.2, 0.25) is 0 Å². The van der Waals surface area contributed by atoms with E-state index in [0.29, 0.717) is 45.6 Å². The summed E-state index contributed by atoms with van der Waals surface area (Å²) in [6.07, 6.45) is 6.05. The van der Waals surface area contributed by atoms with Crippen molar-refractivity contribution in [1.82, 2.24) is 14.1 Å². The average Bonchev–Trinajstić information content (AvgIpc) is 3.16. The maximum absolute atomic E-state index is 13.9. The Morgan fingerprint density at radius 1 is 1.05 bits per heavy atom. The number of fused-ring (bicyclic) bond motifs is 1. The van der Waals surface area contributed by atoms with Gasteiger partial charge in [-0.15, -0.1) is 0 Å². The van der Waals surface area contributed by atoms with E-state index in [1.165, 1.54) is 16.1 Å². The molecule has 1 atom stereocenters. The number of aryl methyl sites for hydroxylation is 1. The van der Waals surface area contributed by atoms with E-state index in [1.54, 1.807) is 0 Å².